The summed E-state index contributed by atoms with van der Waals surface area (Å²) >= 11 is 0. The number of ether oxygens (including phenoxy) is 1. The number of hydrogen-bond donors (Lipinski definition) is 1. The molecule has 2 rings (SSSR count). The van der Waals surface area contributed by atoms with E-state index in [2.05, 4.69) is 5.32 Å². The van der Waals surface area contributed by atoms with E-state index >= 15 is 0 Å². The Kier molecular flexibility index (Phi) is 4.80. The van der Waals surface area contributed by atoms with E-state index in [1.54, 1.807) is 7.11 Å². The van der Waals surface area contributed by atoms with Crippen molar-refractivity contribution in [2.45, 2.75) is 32.4 Å². The minimum absolute atomic E-state index is 0.178. The molecule has 1 fully saturated rings. The molecular formula is C15H22N2O2. The van der Waals surface area contributed by atoms with Gasteiger partial charge in [0.1, 0.15) is 0 Å². The Bertz CT molecular complexity index is 430. The Morgan fingerprint density at radius 1 is 1.42 bits per heavy atom. The minimum Gasteiger partial charge on any atom is -0.380 e. The molecule has 1 aromatic rings. The molecule has 4 nitrogen and oxygen atoms in total. The van der Waals surface area contributed by atoms with Crippen LogP contribution in [0.2, 0.25) is 0 Å². The van der Waals surface area contributed by atoms with Gasteiger partial charge in [-0.2, -0.15) is 0 Å². The van der Waals surface area contributed by atoms with Crippen molar-refractivity contribution < 1.29 is 9.53 Å². The number of nitrogens with zero attached hydrogens (tertiary/aromatic N) is 1. The molecule has 0 spiro atoms. The first-order chi connectivity index (χ1) is 9.26. The first-order valence-electron chi connectivity index (χ1n) is 6.86. The van der Waals surface area contributed by atoms with Crippen molar-refractivity contribution >= 4 is 11.6 Å². The molecule has 1 saturated carbocycles. The van der Waals surface area contributed by atoms with Crippen LogP contribution in [-0.2, 0) is 16.1 Å². The van der Waals surface area contributed by atoms with Crippen LogP contribution in [0.4, 0.5) is 5.69 Å². The van der Waals surface area contributed by atoms with Gasteiger partial charge in [0.15, 0.2) is 0 Å². The van der Waals surface area contributed by atoms with Gasteiger partial charge in [-0.1, -0.05) is 18.2 Å². The quantitative estimate of drug-likeness (QED) is 0.819. The monoisotopic (exact) mass is 262 g/mol. The van der Waals surface area contributed by atoms with Gasteiger partial charge in [-0.05, 0) is 25.8 Å². The second kappa shape index (κ2) is 6.57. The van der Waals surface area contributed by atoms with Crippen LogP contribution in [0.1, 0.15) is 25.3 Å². The van der Waals surface area contributed by atoms with Crippen molar-refractivity contribution in [1.29, 1.82) is 0 Å². The van der Waals surface area contributed by atoms with Gasteiger partial charge < -0.3 is 15.0 Å². The van der Waals surface area contributed by atoms with Crippen LogP contribution in [0.25, 0.3) is 0 Å². The summed E-state index contributed by atoms with van der Waals surface area (Å²) in [6.07, 6.45) is 2.31. The third kappa shape index (κ3) is 3.70. The van der Waals surface area contributed by atoms with Crippen molar-refractivity contribution in [2.75, 3.05) is 25.5 Å². The van der Waals surface area contributed by atoms with Crippen LogP contribution in [0.15, 0.2) is 24.3 Å². The first-order valence-corrected chi connectivity index (χ1v) is 6.86. The maximum atomic E-state index is 12.1. The maximum Gasteiger partial charge on any atom is 0.242 e. The molecule has 0 aliphatic heterocycles. The lowest BCUT2D eigenvalue weighted by atomic mass is 10.2. The predicted octanol–water partition coefficient (Wildman–Crippen LogP) is 2.26. The maximum absolute atomic E-state index is 12.1. The van der Waals surface area contributed by atoms with Gasteiger partial charge in [-0.3, -0.25) is 4.79 Å². The van der Waals surface area contributed by atoms with E-state index in [9.17, 15) is 4.79 Å². The Hall–Kier alpha value is -1.55. The van der Waals surface area contributed by atoms with E-state index in [0.717, 1.165) is 30.6 Å². The van der Waals surface area contributed by atoms with Crippen LogP contribution >= 0.6 is 0 Å². The molecule has 0 atom stereocenters. The molecule has 0 aromatic heterocycles. The number of amides is 1. The number of carbonyl (C=O) groups excluding carboxylic acids is 1. The number of hydrogen-bond acceptors (Lipinski definition) is 3. The van der Waals surface area contributed by atoms with Crippen molar-refractivity contribution in [3.8, 4) is 0 Å². The Morgan fingerprint density at radius 3 is 2.79 bits per heavy atom. The Balaban J connectivity index is 1.92. The normalized spacial score (nSPS) is 14.2. The largest absolute Gasteiger partial charge is 0.380 e. The highest BCUT2D eigenvalue weighted by molar-refractivity contribution is 5.81. The molecule has 1 aromatic carbocycles. The average molecular weight is 262 g/mol. The number of anilines is 1. The zero-order chi connectivity index (χ0) is 13.7. The van der Waals surface area contributed by atoms with Gasteiger partial charge in [-0.15, -0.1) is 0 Å². The van der Waals surface area contributed by atoms with Gasteiger partial charge in [0.2, 0.25) is 5.91 Å². The lowest BCUT2D eigenvalue weighted by Crippen LogP contribution is -2.37. The van der Waals surface area contributed by atoms with E-state index in [1.807, 2.05) is 36.1 Å². The number of para-hydroxylation sites is 1. The molecule has 0 radical (unpaired) electrons. The Labute approximate surface area is 114 Å². The van der Waals surface area contributed by atoms with Gasteiger partial charge in [-0.25, -0.2) is 0 Å². The number of methoxy groups -OCH3 is 1. The van der Waals surface area contributed by atoms with Crippen LogP contribution in [-0.4, -0.2) is 37.0 Å². The molecule has 1 aliphatic rings. The standard InChI is InChI=1S/C15H22N2O2/c1-3-17(13-8-9-13)15(18)10-16-14-7-5-4-6-12(14)11-19-2/h4-7,13,16H,3,8-11H2,1-2H3. The molecule has 1 N–H and O–H groups in total. The fourth-order valence-electron chi connectivity index (χ4n) is 2.27. The molecule has 0 saturated heterocycles. The fourth-order valence-corrected chi connectivity index (χ4v) is 2.27. The van der Waals surface area contributed by atoms with E-state index in [4.69, 9.17) is 4.74 Å². The van der Waals surface area contributed by atoms with Gasteiger partial charge >= 0.3 is 0 Å². The van der Waals surface area contributed by atoms with Gasteiger partial charge in [0.25, 0.3) is 0 Å². The molecule has 0 bridgehead atoms. The number of nitrogens with one attached hydrogen (secondary N) is 1. The molecule has 1 amide bonds. The summed E-state index contributed by atoms with van der Waals surface area (Å²) < 4.78 is 5.16. The second-order valence-electron chi connectivity index (χ2n) is 4.85. The number of likely N-dealkylation sites (N-methyl/N-ethyl adjacent to an activating group) is 1. The summed E-state index contributed by atoms with van der Waals surface area (Å²) in [5.41, 5.74) is 2.05. The molecule has 1 aliphatic carbocycles. The number of benzene rings is 1. The molecular weight excluding hydrogens is 240 g/mol. The van der Waals surface area contributed by atoms with Crippen molar-refractivity contribution in [1.82, 2.24) is 4.90 Å². The summed E-state index contributed by atoms with van der Waals surface area (Å²) in [7, 11) is 1.67. The number of carbonyl (C=O) groups is 1. The molecule has 104 valence electrons. The van der Waals surface area contributed by atoms with E-state index < -0.39 is 0 Å². The minimum atomic E-state index is 0.178. The van der Waals surface area contributed by atoms with Gasteiger partial charge in [0.05, 0.1) is 13.2 Å². The summed E-state index contributed by atoms with van der Waals surface area (Å²) in [6.45, 7) is 3.74. The highest BCUT2D eigenvalue weighted by Gasteiger charge is 2.30. The predicted molar refractivity (Wildman–Crippen MR) is 76.1 cm³/mol. The fraction of sp³-hybridized carbons (Fsp3) is 0.533. The lowest BCUT2D eigenvalue weighted by molar-refractivity contribution is -0.129. The molecule has 0 unspecified atom stereocenters. The third-order valence-electron chi connectivity index (χ3n) is 3.40. The molecule has 19 heavy (non-hydrogen) atoms. The van der Waals surface area contributed by atoms with E-state index in [1.165, 1.54) is 0 Å². The van der Waals surface area contributed by atoms with E-state index in [0.29, 0.717) is 19.2 Å². The smallest absolute Gasteiger partial charge is 0.242 e. The zero-order valence-electron chi connectivity index (χ0n) is 11.7. The van der Waals surface area contributed by atoms with Crippen LogP contribution in [0.5, 0.6) is 0 Å². The highest BCUT2D eigenvalue weighted by atomic mass is 16.5. The van der Waals surface area contributed by atoms with Crippen molar-refractivity contribution in [3.63, 3.8) is 0 Å². The second-order valence-corrected chi connectivity index (χ2v) is 4.85. The van der Waals surface area contributed by atoms with Crippen molar-refractivity contribution in [2.24, 2.45) is 0 Å². The van der Waals surface area contributed by atoms with Gasteiger partial charge in [0, 0.05) is 30.9 Å². The lowest BCUT2D eigenvalue weighted by Gasteiger charge is -2.21. The molecule has 0 heterocycles. The Morgan fingerprint density at radius 2 is 2.16 bits per heavy atom. The van der Waals surface area contributed by atoms with Crippen molar-refractivity contribution in [3.05, 3.63) is 29.8 Å². The van der Waals surface area contributed by atoms with Crippen LogP contribution < -0.4 is 5.32 Å². The summed E-state index contributed by atoms with van der Waals surface area (Å²) in [5, 5.41) is 3.22. The summed E-state index contributed by atoms with van der Waals surface area (Å²) in [6, 6.07) is 8.41. The third-order valence-corrected chi connectivity index (χ3v) is 3.40. The summed E-state index contributed by atoms with van der Waals surface area (Å²) in [5.74, 6) is 0.178. The number of rotatable bonds is 7. The summed E-state index contributed by atoms with van der Waals surface area (Å²) in [4.78, 5) is 14.1. The SMILES string of the molecule is CCN(C(=O)CNc1ccccc1COC)C1CC1. The van der Waals surface area contributed by atoms with E-state index in [-0.39, 0.29) is 5.91 Å². The highest BCUT2D eigenvalue weighted by Crippen LogP contribution is 2.26. The topological polar surface area (TPSA) is 41.6 Å². The average Bonchev–Trinajstić information content (AvgIpc) is 3.24. The molecule has 4 heteroatoms. The first kappa shape index (κ1) is 13.9. The van der Waals surface area contributed by atoms with Crippen LogP contribution in [0.3, 0.4) is 0 Å². The van der Waals surface area contributed by atoms with Crippen LogP contribution in [0, 0.1) is 0 Å². The zero-order valence-corrected chi connectivity index (χ0v) is 11.7.